The highest BCUT2D eigenvalue weighted by Crippen LogP contribution is 2.30. The van der Waals surface area contributed by atoms with Crippen molar-refractivity contribution in [2.75, 3.05) is 6.54 Å². The van der Waals surface area contributed by atoms with Crippen molar-refractivity contribution in [2.24, 2.45) is 5.92 Å². The van der Waals surface area contributed by atoms with Gasteiger partial charge in [-0.25, -0.2) is 0 Å². The van der Waals surface area contributed by atoms with Crippen LogP contribution in [-0.4, -0.2) is 11.7 Å². The van der Waals surface area contributed by atoms with Gasteiger partial charge in [-0.1, -0.05) is 49.9 Å². The van der Waals surface area contributed by atoms with Gasteiger partial charge in [0.05, 0.1) is 5.02 Å². The molecule has 0 atom stereocenters. The van der Waals surface area contributed by atoms with Gasteiger partial charge < -0.3 is 10.4 Å². The van der Waals surface area contributed by atoms with E-state index in [9.17, 15) is 5.11 Å². The van der Waals surface area contributed by atoms with Crippen LogP contribution in [-0.2, 0) is 6.54 Å². The number of phenols is 1. The lowest BCUT2D eigenvalue weighted by Gasteiger charge is -2.09. The van der Waals surface area contributed by atoms with Crippen molar-refractivity contribution in [1.82, 2.24) is 5.32 Å². The molecule has 1 aromatic carbocycles. The summed E-state index contributed by atoms with van der Waals surface area (Å²) in [5, 5.41) is 13.9. The smallest absolute Gasteiger partial charge is 0.138 e. The van der Waals surface area contributed by atoms with Crippen molar-refractivity contribution < 1.29 is 5.11 Å². The van der Waals surface area contributed by atoms with Gasteiger partial charge >= 0.3 is 0 Å². The number of halogens is 2. The average molecular weight is 290 g/mol. The third-order valence-electron chi connectivity index (χ3n) is 2.81. The molecule has 0 radical (unpaired) electrons. The number of hydrogen-bond donors (Lipinski definition) is 2. The second-order valence-electron chi connectivity index (χ2n) is 4.96. The molecule has 0 aliphatic carbocycles. The van der Waals surface area contributed by atoms with Crippen molar-refractivity contribution in [3.05, 3.63) is 27.7 Å². The minimum Gasteiger partial charge on any atom is -0.506 e. The Morgan fingerprint density at radius 1 is 1.22 bits per heavy atom. The first-order valence-electron chi connectivity index (χ1n) is 6.38. The minimum absolute atomic E-state index is 0.121. The van der Waals surface area contributed by atoms with Gasteiger partial charge in [0.2, 0.25) is 0 Å². The summed E-state index contributed by atoms with van der Waals surface area (Å²) in [5.41, 5.74) is 0.747. The van der Waals surface area contributed by atoms with Crippen LogP contribution in [0, 0.1) is 5.92 Å². The molecule has 0 aliphatic heterocycles. The number of phenolic OH excluding ortho intramolecular Hbond substituents is 1. The van der Waals surface area contributed by atoms with Crippen LogP contribution in [0.25, 0.3) is 0 Å². The number of aromatic hydroxyl groups is 1. The Hall–Kier alpha value is -0.440. The van der Waals surface area contributed by atoms with Gasteiger partial charge in [-0.05, 0) is 31.0 Å². The maximum Gasteiger partial charge on any atom is 0.138 e. The predicted octanol–water partition coefficient (Wildman–Crippen LogP) is 4.61. The van der Waals surface area contributed by atoms with E-state index in [0.717, 1.165) is 24.4 Å². The molecule has 2 N–H and O–H groups in total. The molecule has 1 aromatic rings. The number of hydrogen-bond acceptors (Lipinski definition) is 2. The first-order chi connectivity index (χ1) is 8.50. The predicted molar refractivity (Wildman–Crippen MR) is 78.5 cm³/mol. The highest BCUT2D eigenvalue weighted by atomic mass is 35.5. The molecule has 0 aliphatic rings. The normalized spacial score (nSPS) is 11.2. The van der Waals surface area contributed by atoms with E-state index in [2.05, 4.69) is 19.2 Å². The Kier molecular flexibility index (Phi) is 6.83. The van der Waals surface area contributed by atoms with Crippen molar-refractivity contribution in [2.45, 2.75) is 39.7 Å². The molecule has 0 saturated carbocycles. The summed E-state index contributed by atoms with van der Waals surface area (Å²) in [4.78, 5) is 0. The third-order valence-corrected chi connectivity index (χ3v) is 3.31. The first-order valence-corrected chi connectivity index (χ1v) is 7.14. The van der Waals surface area contributed by atoms with E-state index in [0.29, 0.717) is 16.6 Å². The standard InChI is InChI=1S/C14H21Cl2NO/c1-10(2)5-3-4-6-17-9-11-7-12(15)8-13(16)14(11)18/h7-8,10,17-18H,3-6,9H2,1-2H3. The van der Waals surface area contributed by atoms with E-state index < -0.39 is 0 Å². The van der Waals surface area contributed by atoms with Crippen molar-refractivity contribution in [1.29, 1.82) is 0 Å². The number of rotatable bonds is 7. The van der Waals surface area contributed by atoms with E-state index in [4.69, 9.17) is 23.2 Å². The summed E-state index contributed by atoms with van der Waals surface area (Å²) < 4.78 is 0. The van der Waals surface area contributed by atoms with Gasteiger partial charge in [-0.2, -0.15) is 0 Å². The fourth-order valence-electron chi connectivity index (χ4n) is 1.78. The van der Waals surface area contributed by atoms with E-state index in [1.165, 1.54) is 12.8 Å². The van der Waals surface area contributed by atoms with E-state index in [1.807, 2.05) is 0 Å². The highest BCUT2D eigenvalue weighted by molar-refractivity contribution is 6.35. The lowest BCUT2D eigenvalue weighted by Crippen LogP contribution is -2.15. The SMILES string of the molecule is CC(C)CCCCNCc1cc(Cl)cc(Cl)c1O. The van der Waals surface area contributed by atoms with Crippen LogP contribution >= 0.6 is 23.2 Å². The quantitative estimate of drug-likeness (QED) is 0.718. The van der Waals surface area contributed by atoms with Crippen LogP contribution in [0.15, 0.2) is 12.1 Å². The zero-order valence-corrected chi connectivity index (χ0v) is 12.5. The van der Waals surface area contributed by atoms with E-state index in [-0.39, 0.29) is 5.75 Å². The average Bonchev–Trinajstić information content (AvgIpc) is 2.29. The van der Waals surface area contributed by atoms with Crippen molar-refractivity contribution in [3.8, 4) is 5.75 Å². The molecule has 4 heteroatoms. The molecule has 0 bridgehead atoms. The molecule has 0 spiro atoms. The summed E-state index contributed by atoms with van der Waals surface area (Å²) in [5.74, 6) is 0.886. The molecule has 0 fully saturated rings. The topological polar surface area (TPSA) is 32.3 Å². The Balaban J connectivity index is 2.31. The van der Waals surface area contributed by atoms with Crippen LogP contribution < -0.4 is 5.32 Å². The fourth-order valence-corrected chi connectivity index (χ4v) is 2.32. The summed E-state index contributed by atoms with van der Waals surface area (Å²) in [6, 6.07) is 3.29. The zero-order chi connectivity index (χ0) is 13.5. The highest BCUT2D eigenvalue weighted by Gasteiger charge is 2.07. The molecule has 0 unspecified atom stereocenters. The summed E-state index contributed by atoms with van der Waals surface area (Å²) in [7, 11) is 0. The van der Waals surface area contributed by atoms with E-state index in [1.54, 1.807) is 12.1 Å². The lowest BCUT2D eigenvalue weighted by atomic mass is 10.1. The fraction of sp³-hybridized carbons (Fsp3) is 0.571. The second kappa shape index (κ2) is 7.88. The zero-order valence-electron chi connectivity index (χ0n) is 11.0. The largest absolute Gasteiger partial charge is 0.506 e. The Labute approximate surface area is 119 Å². The van der Waals surface area contributed by atoms with Gasteiger partial charge in [0, 0.05) is 17.1 Å². The molecule has 18 heavy (non-hydrogen) atoms. The minimum atomic E-state index is 0.121. The molecule has 102 valence electrons. The lowest BCUT2D eigenvalue weighted by molar-refractivity contribution is 0.463. The number of benzene rings is 1. The molecule has 0 heterocycles. The van der Waals surface area contributed by atoms with Gasteiger partial charge in [0.15, 0.2) is 0 Å². The maximum absolute atomic E-state index is 9.77. The van der Waals surface area contributed by atoms with Gasteiger partial charge in [0.25, 0.3) is 0 Å². The molecule has 0 aromatic heterocycles. The van der Waals surface area contributed by atoms with Crippen LogP contribution in [0.3, 0.4) is 0 Å². The van der Waals surface area contributed by atoms with Gasteiger partial charge in [-0.3, -0.25) is 0 Å². The van der Waals surface area contributed by atoms with Gasteiger partial charge in [-0.15, -0.1) is 0 Å². The first kappa shape index (κ1) is 15.6. The molecular weight excluding hydrogens is 269 g/mol. The monoisotopic (exact) mass is 289 g/mol. The third kappa shape index (κ3) is 5.47. The van der Waals surface area contributed by atoms with Crippen LogP contribution in [0.4, 0.5) is 0 Å². The molecule has 2 nitrogen and oxygen atoms in total. The van der Waals surface area contributed by atoms with Crippen molar-refractivity contribution >= 4 is 23.2 Å². The molecule has 0 amide bonds. The maximum atomic E-state index is 9.77. The Bertz CT molecular complexity index is 380. The van der Waals surface area contributed by atoms with Crippen LogP contribution in [0.5, 0.6) is 5.75 Å². The summed E-state index contributed by atoms with van der Waals surface area (Å²) in [6.45, 7) is 6.00. The second-order valence-corrected chi connectivity index (χ2v) is 5.81. The van der Waals surface area contributed by atoms with Crippen LogP contribution in [0.2, 0.25) is 10.0 Å². The number of nitrogens with one attached hydrogen (secondary N) is 1. The Morgan fingerprint density at radius 3 is 2.61 bits per heavy atom. The molecule has 1 rings (SSSR count). The van der Waals surface area contributed by atoms with Crippen molar-refractivity contribution in [3.63, 3.8) is 0 Å². The van der Waals surface area contributed by atoms with Crippen LogP contribution in [0.1, 0.15) is 38.7 Å². The molecule has 0 saturated heterocycles. The van der Waals surface area contributed by atoms with E-state index >= 15 is 0 Å². The Morgan fingerprint density at radius 2 is 1.94 bits per heavy atom. The molecular formula is C14H21Cl2NO. The number of unbranched alkanes of at least 4 members (excludes halogenated alkanes) is 1. The summed E-state index contributed by atoms with van der Waals surface area (Å²) >= 11 is 11.8. The van der Waals surface area contributed by atoms with Gasteiger partial charge in [0.1, 0.15) is 5.75 Å². The summed E-state index contributed by atoms with van der Waals surface area (Å²) in [6.07, 6.45) is 3.64.